The van der Waals surface area contributed by atoms with Gasteiger partial charge in [-0.1, -0.05) is 96.7 Å². The number of anilines is 1. The summed E-state index contributed by atoms with van der Waals surface area (Å²) in [6.07, 6.45) is -5.85. The maximum absolute atomic E-state index is 13.9. The Morgan fingerprint density at radius 3 is 1.98 bits per heavy atom. The van der Waals surface area contributed by atoms with Crippen molar-refractivity contribution in [3.05, 3.63) is 138 Å². The quantitative estimate of drug-likeness (QED) is 0.0781. The number of nitrogens with one attached hydrogen (secondary N) is 2. The summed E-state index contributed by atoms with van der Waals surface area (Å²) in [5.41, 5.74) is 3.80. The van der Waals surface area contributed by atoms with Gasteiger partial charge < -0.3 is 15.2 Å². The number of nitrogens with zero attached hydrogens (tertiary/aromatic N) is 2. The molecule has 0 atom stereocenters. The van der Waals surface area contributed by atoms with Crippen LogP contribution in [0.5, 0.6) is 0 Å². The summed E-state index contributed by atoms with van der Waals surface area (Å²) in [6.45, 7) is -0.958. The molecule has 6 nitrogen and oxygen atoms in total. The third-order valence-corrected chi connectivity index (χ3v) is 10.6. The van der Waals surface area contributed by atoms with Crippen molar-refractivity contribution in [2.24, 2.45) is 0 Å². The smallest absolute Gasteiger partial charge is 0.346 e. The van der Waals surface area contributed by atoms with E-state index in [-0.39, 0.29) is 12.0 Å². The fraction of sp³-hybridized carbons (Fsp3) is 0.214. The first-order valence-electron chi connectivity index (χ1n) is 17.5. The summed E-state index contributed by atoms with van der Waals surface area (Å²) in [5.74, 6) is -1.16. The molecular weight excluding hydrogens is 739 g/mol. The minimum absolute atomic E-state index is 0.269. The molecule has 0 saturated carbocycles. The number of carbonyl (C=O) groups excluding carboxylic acids is 2. The lowest BCUT2D eigenvalue weighted by Gasteiger charge is -2.31. The van der Waals surface area contributed by atoms with Gasteiger partial charge in [-0.05, 0) is 89.2 Å². The normalized spacial score (nSPS) is 13.4. The van der Waals surface area contributed by atoms with Gasteiger partial charge in [0.2, 0.25) is 5.91 Å². The lowest BCUT2D eigenvalue weighted by Crippen LogP contribution is -2.47. The Kier molecular flexibility index (Phi) is 10.2. The van der Waals surface area contributed by atoms with E-state index in [2.05, 4.69) is 10.6 Å². The molecule has 13 heteroatoms. The molecule has 1 heterocycles. The van der Waals surface area contributed by atoms with Crippen LogP contribution in [-0.4, -0.2) is 40.3 Å². The zero-order valence-electron chi connectivity index (χ0n) is 29.4. The molecular formula is C42H34F6N4O2S. The summed E-state index contributed by atoms with van der Waals surface area (Å²) in [6, 6.07) is 31.4. The number of carbonyl (C=O) groups is 2. The highest BCUT2D eigenvalue weighted by molar-refractivity contribution is 7.98. The van der Waals surface area contributed by atoms with Crippen LogP contribution >= 0.6 is 11.8 Å². The number of rotatable bonds is 11. The van der Waals surface area contributed by atoms with Gasteiger partial charge in [-0.2, -0.15) is 26.3 Å². The average molecular weight is 773 g/mol. The molecule has 2 amide bonds. The second-order valence-electron chi connectivity index (χ2n) is 13.2. The highest BCUT2D eigenvalue weighted by Crippen LogP contribution is 2.51. The molecule has 0 bridgehead atoms. The number of aryl methyl sites for hydroxylation is 1. The van der Waals surface area contributed by atoms with Crippen LogP contribution in [0.2, 0.25) is 0 Å². The van der Waals surface area contributed by atoms with Crippen LogP contribution < -0.4 is 10.6 Å². The standard InChI is InChI=1S/C42H34F6N4O2S/c1-55-39-51-36-34(50-37(53)31-14-3-2-11-28(31)26-19-21-27(22-20-26)42(46,47)48)17-10-18-35(36)52(39)24-9-8-23-40(38(54)49-25-41(43,44)45)32-15-6-4-12-29(32)30-13-5-7-16-33(30)40/h2-7,10-22H,8-9,23-25H2,1H3,(H,49,54)(H,50,53). The van der Waals surface area contributed by atoms with Crippen molar-refractivity contribution < 1.29 is 35.9 Å². The largest absolute Gasteiger partial charge is 0.416 e. The minimum atomic E-state index is -4.57. The fourth-order valence-corrected chi connectivity index (χ4v) is 8.10. The van der Waals surface area contributed by atoms with Crippen LogP contribution in [0.15, 0.2) is 120 Å². The van der Waals surface area contributed by atoms with Gasteiger partial charge in [-0.3, -0.25) is 9.59 Å². The molecule has 0 fully saturated rings. The second kappa shape index (κ2) is 14.9. The van der Waals surface area contributed by atoms with Crippen LogP contribution in [0, 0.1) is 0 Å². The molecule has 0 aliphatic heterocycles. The third kappa shape index (κ3) is 7.32. The van der Waals surface area contributed by atoms with Crippen molar-refractivity contribution in [2.45, 2.75) is 48.7 Å². The lowest BCUT2D eigenvalue weighted by molar-refractivity contribution is -0.141. The summed E-state index contributed by atoms with van der Waals surface area (Å²) < 4.78 is 81.5. The van der Waals surface area contributed by atoms with E-state index >= 15 is 0 Å². The zero-order chi connectivity index (χ0) is 39.0. The van der Waals surface area contributed by atoms with Gasteiger partial charge in [-0.25, -0.2) is 4.98 Å². The molecule has 0 saturated heterocycles. The first kappa shape index (κ1) is 37.7. The molecule has 5 aromatic carbocycles. The number of fused-ring (bicyclic) bond motifs is 4. The number of aromatic nitrogens is 2. The fourth-order valence-electron chi connectivity index (χ4n) is 7.50. The van der Waals surface area contributed by atoms with Crippen molar-refractivity contribution in [2.75, 3.05) is 18.1 Å². The molecule has 0 spiro atoms. The van der Waals surface area contributed by atoms with E-state index in [1.807, 2.05) is 53.3 Å². The van der Waals surface area contributed by atoms with Gasteiger partial charge in [0.05, 0.1) is 16.8 Å². The topological polar surface area (TPSA) is 76.0 Å². The Bertz CT molecular complexity index is 2340. The van der Waals surface area contributed by atoms with Crippen molar-refractivity contribution >= 4 is 40.3 Å². The monoisotopic (exact) mass is 772 g/mol. The minimum Gasteiger partial charge on any atom is -0.346 e. The number of para-hydroxylation sites is 1. The number of thioether (sulfide) groups is 1. The number of hydrogen-bond donors (Lipinski definition) is 2. The van der Waals surface area contributed by atoms with Gasteiger partial charge in [0.1, 0.15) is 17.5 Å². The first-order valence-corrected chi connectivity index (χ1v) is 18.7. The SMILES string of the molecule is CSc1nc2c(NC(=O)c3ccccc3-c3ccc(C(F)(F)F)cc3)cccc2n1CCCCC1(C(=O)NCC(F)(F)F)c2ccccc2-c2ccccc21. The summed E-state index contributed by atoms with van der Waals surface area (Å²) in [4.78, 5) is 32.5. The van der Waals surface area contributed by atoms with Gasteiger partial charge in [0.15, 0.2) is 5.16 Å². The van der Waals surface area contributed by atoms with Gasteiger partial charge >= 0.3 is 12.4 Å². The number of alkyl halides is 6. The number of amides is 2. The Labute approximate surface area is 317 Å². The highest BCUT2D eigenvalue weighted by Gasteiger charge is 2.49. The Morgan fingerprint density at radius 2 is 1.36 bits per heavy atom. The maximum atomic E-state index is 13.9. The summed E-state index contributed by atoms with van der Waals surface area (Å²) in [7, 11) is 0. The van der Waals surface area contributed by atoms with E-state index in [1.54, 1.807) is 48.5 Å². The van der Waals surface area contributed by atoms with E-state index in [0.29, 0.717) is 58.0 Å². The molecule has 6 aromatic rings. The van der Waals surface area contributed by atoms with Gasteiger partial charge in [0, 0.05) is 12.1 Å². The molecule has 0 radical (unpaired) electrons. The van der Waals surface area contributed by atoms with Gasteiger partial charge in [-0.15, -0.1) is 0 Å². The van der Waals surface area contributed by atoms with Crippen molar-refractivity contribution in [3.8, 4) is 22.3 Å². The van der Waals surface area contributed by atoms with E-state index in [1.165, 1.54) is 23.9 Å². The molecule has 7 rings (SSSR count). The van der Waals surface area contributed by atoms with E-state index in [0.717, 1.165) is 28.8 Å². The Hall–Kier alpha value is -5.56. The predicted molar refractivity (Wildman–Crippen MR) is 202 cm³/mol. The van der Waals surface area contributed by atoms with Crippen LogP contribution in [0.4, 0.5) is 32.0 Å². The molecule has 0 unspecified atom stereocenters. The molecule has 282 valence electrons. The maximum Gasteiger partial charge on any atom is 0.416 e. The Morgan fingerprint density at radius 1 is 0.745 bits per heavy atom. The van der Waals surface area contributed by atoms with Crippen LogP contribution in [0.3, 0.4) is 0 Å². The lowest BCUT2D eigenvalue weighted by atomic mass is 9.73. The molecule has 2 N–H and O–H groups in total. The van der Waals surface area contributed by atoms with Crippen LogP contribution in [0.1, 0.15) is 46.3 Å². The van der Waals surface area contributed by atoms with E-state index in [9.17, 15) is 35.9 Å². The molecule has 1 aliphatic rings. The average Bonchev–Trinajstić information content (AvgIpc) is 3.69. The number of hydrogen-bond acceptors (Lipinski definition) is 4. The zero-order valence-corrected chi connectivity index (χ0v) is 30.2. The van der Waals surface area contributed by atoms with Crippen molar-refractivity contribution in [1.82, 2.24) is 14.9 Å². The van der Waals surface area contributed by atoms with E-state index in [4.69, 9.17) is 4.98 Å². The molecule has 55 heavy (non-hydrogen) atoms. The van der Waals surface area contributed by atoms with Crippen molar-refractivity contribution in [1.29, 1.82) is 0 Å². The number of halogens is 6. The van der Waals surface area contributed by atoms with Gasteiger partial charge in [0.25, 0.3) is 5.91 Å². The first-order chi connectivity index (χ1) is 26.3. The third-order valence-electron chi connectivity index (χ3n) is 9.95. The molecule has 1 aromatic heterocycles. The second-order valence-corrected chi connectivity index (χ2v) is 14.0. The number of imidazole rings is 1. The summed E-state index contributed by atoms with van der Waals surface area (Å²) in [5, 5.41) is 5.80. The van der Waals surface area contributed by atoms with E-state index < -0.39 is 41.7 Å². The summed E-state index contributed by atoms with van der Waals surface area (Å²) >= 11 is 1.41. The Balaban J connectivity index is 1.13. The van der Waals surface area contributed by atoms with Crippen molar-refractivity contribution in [3.63, 3.8) is 0 Å². The predicted octanol–water partition coefficient (Wildman–Crippen LogP) is 10.5. The highest BCUT2D eigenvalue weighted by atomic mass is 32.2. The van der Waals surface area contributed by atoms with Crippen LogP contribution in [0.25, 0.3) is 33.3 Å². The number of unbranched alkanes of at least 4 members (excludes halogenated alkanes) is 1. The molecule has 1 aliphatic carbocycles. The van der Waals surface area contributed by atoms with Crippen LogP contribution in [-0.2, 0) is 22.9 Å². The number of benzene rings is 5.